The van der Waals surface area contributed by atoms with E-state index in [4.69, 9.17) is 0 Å². The topological polar surface area (TPSA) is 75.9 Å². The fourth-order valence-electron chi connectivity index (χ4n) is 5.11. The second kappa shape index (κ2) is 11.4. The van der Waals surface area contributed by atoms with Gasteiger partial charge in [0.15, 0.2) is 0 Å². The van der Waals surface area contributed by atoms with Gasteiger partial charge in [0.05, 0.1) is 23.8 Å². The number of nitrogens with zero attached hydrogens (tertiary/aromatic N) is 5. The molecule has 1 fully saturated rings. The van der Waals surface area contributed by atoms with Crippen LogP contribution < -0.4 is 5.32 Å². The summed E-state index contributed by atoms with van der Waals surface area (Å²) < 4.78 is 13.6. The summed E-state index contributed by atoms with van der Waals surface area (Å²) in [5.41, 5.74) is 5.56. The zero-order valence-corrected chi connectivity index (χ0v) is 22.2. The first-order chi connectivity index (χ1) is 18.7. The maximum atomic E-state index is 11.5. The van der Waals surface area contributed by atoms with Crippen LogP contribution in [-0.2, 0) is 23.8 Å². The molecule has 0 atom stereocenters. The van der Waals surface area contributed by atoms with Crippen LogP contribution in [0.5, 0.6) is 0 Å². The molecular weight excluding hydrogens is 492 g/mol. The Kier molecular flexibility index (Phi) is 7.42. The molecule has 194 valence electrons. The first-order valence-corrected chi connectivity index (χ1v) is 14.8. The van der Waals surface area contributed by atoms with E-state index >= 15 is 0 Å². The van der Waals surface area contributed by atoms with Crippen molar-refractivity contribution in [3.63, 3.8) is 0 Å². The second-order valence-corrected chi connectivity index (χ2v) is 11.6. The van der Waals surface area contributed by atoms with Crippen LogP contribution in [0, 0.1) is 0 Å². The Labute approximate surface area is 225 Å². The molecule has 1 aliphatic heterocycles. The second-order valence-electron chi connectivity index (χ2n) is 9.91. The van der Waals surface area contributed by atoms with Gasteiger partial charge in [0.1, 0.15) is 12.1 Å². The van der Waals surface area contributed by atoms with E-state index in [0.717, 1.165) is 90.3 Å². The molecule has 0 saturated carbocycles. The highest BCUT2D eigenvalue weighted by molar-refractivity contribution is 7.85. The number of unbranched alkanes of at least 4 members (excludes halogenated alkanes) is 1. The summed E-state index contributed by atoms with van der Waals surface area (Å²) in [6, 6.07) is 23.2. The lowest BCUT2D eigenvalue weighted by atomic mass is 10.1. The van der Waals surface area contributed by atoms with Crippen molar-refractivity contribution in [1.82, 2.24) is 24.6 Å². The van der Waals surface area contributed by atoms with Crippen molar-refractivity contribution in [2.75, 3.05) is 36.5 Å². The number of hydrogen-bond donors (Lipinski definition) is 1. The third-order valence-electron chi connectivity index (χ3n) is 7.24. The monoisotopic (exact) mass is 524 g/mol. The summed E-state index contributed by atoms with van der Waals surface area (Å²) in [4.78, 5) is 11.5. The van der Waals surface area contributed by atoms with E-state index in [1.807, 2.05) is 16.9 Å². The van der Waals surface area contributed by atoms with Gasteiger partial charge in [-0.15, -0.1) is 0 Å². The Morgan fingerprint density at radius 2 is 1.76 bits per heavy atom. The normalized spacial score (nSPS) is 14.8. The molecule has 3 aromatic carbocycles. The van der Waals surface area contributed by atoms with Gasteiger partial charge >= 0.3 is 0 Å². The minimum absolute atomic E-state index is 0.602. The molecule has 7 nitrogen and oxygen atoms in total. The number of benzene rings is 3. The van der Waals surface area contributed by atoms with Gasteiger partial charge < -0.3 is 10.2 Å². The molecule has 38 heavy (non-hydrogen) atoms. The van der Waals surface area contributed by atoms with Gasteiger partial charge in [-0.25, -0.2) is 9.97 Å². The highest BCUT2D eigenvalue weighted by atomic mass is 32.2. The molecule has 6 rings (SSSR count). The van der Waals surface area contributed by atoms with Crippen molar-refractivity contribution in [3.05, 3.63) is 90.4 Å². The molecule has 0 bridgehead atoms. The van der Waals surface area contributed by atoms with Gasteiger partial charge in [-0.05, 0) is 67.3 Å². The van der Waals surface area contributed by atoms with E-state index < -0.39 is 10.8 Å². The van der Waals surface area contributed by atoms with Gasteiger partial charge in [-0.3, -0.25) is 8.89 Å². The van der Waals surface area contributed by atoms with Crippen molar-refractivity contribution in [2.45, 2.75) is 25.8 Å². The highest BCUT2D eigenvalue weighted by Gasteiger charge is 2.14. The van der Waals surface area contributed by atoms with Crippen LogP contribution >= 0.6 is 0 Å². The highest BCUT2D eigenvalue weighted by Crippen LogP contribution is 2.27. The Hall–Kier alpha value is -3.62. The number of aryl methyl sites for hydroxylation is 1. The van der Waals surface area contributed by atoms with Crippen LogP contribution in [0.15, 0.2) is 79.3 Å². The minimum Gasteiger partial charge on any atom is -0.340 e. The Bertz CT molecular complexity index is 1560. The van der Waals surface area contributed by atoms with Gasteiger partial charge in [-0.2, -0.15) is 5.10 Å². The number of aromatic nitrogens is 4. The molecule has 3 heterocycles. The number of rotatable bonds is 9. The SMILES string of the molecule is O=S1CCN(CCCCc2ccc3c(Nc4ccc5c(cnn5Cc5ccccc5)c4)ncnc3c2)CC1. The smallest absolute Gasteiger partial charge is 0.141 e. The standard InChI is InChI=1S/C30H32N6OS/c37-38-16-14-35(15-17-38)13-5-4-6-23-9-11-27-28(18-23)31-22-32-30(27)34-26-10-12-29-25(19-26)20-33-36(29)21-24-7-2-1-3-8-24/h1-3,7-12,18-20,22H,4-6,13-17,21H2,(H,31,32,34). The summed E-state index contributed by atoms with van der Waals surface area (Å²) in [6.45, 7) is 3.78. The number of anilines is 2. The Balaban J connectivity index is 1.10. The molecule has 5 aromatic rings. The molecule has 0 amide bonds. The van der Waals surface area contributed by atoms with Gasteiger partial charge in [0.25, 0.3) is 0 Å². The summed E-state index contributed by atoms with van der Waals surface area (Å²) >= 11 is 0. The number of fused-ring (bicyclic) bond motifs is 2. The lowest BCUT2D eigenvalue weighted by molar-refractivity contribution is 0.293. The van der Waals surface area contributed by atoms with Crippen molar-refractivity contribution in [1.29, 1.82) is 0 Å². The molecule has 0 aliphatic carbocycles. The molecule has 1 saturated heterocycles. The first kappa shape index (κ1) is 24.7. The summed E-state index contributed by atoms with van der Waals surface area (Å²) in [6.07, 6.45) is 6.88. The average Bonchev–Trinajstić information content (AvgIpc) is 3.34. The fraction of sp³-hybridized carbons (Fsp3) is 0.300. The molecule has 8 heteroatoms. The lowest BCUT2D eigenvalue weighted by Crippen LogP contribution is -2.38. The predicted molar refractivity (Wildman–Crippen MR) is 155 cm³/mol. The molecule has 2 aromatic heterocycles. The number of nitrogens with one attached hydrogen (secondary N) is 1. The predicted octanol–water partition coefficient (Wildman–Crippen LogP) is 5.16. The van der Waals surface area contributed by atoms with Gasteiger partial charge in [0, 0.05) is 51.9 Å². The Morgan fingerprint density at radius 1 is 0.895 bits per heavy atom. The molecule has 0 radical (unpaired) electrons. The van der Waals surface area contributed by atoms with Crippen LogP contribution in [0.1, 0.15) is 24.0 Å². The van der Waals surface area contributed by atoms with E-state index in [1.54, 1.807) is 6.33 Å². The van der Waals surface area contributed by atoms with Crippen molar-refractivity contribution < 1.29 is 4.21 Å². The molecule has 0 spiro atoms. The summed E-state index contributed by atoms with van der Waals surface area (Å²) in [7, 11) is -0.602. The largest absolute Gasteiger partial charge is 0.340 e. The number of hydrogen-bond acceptors (Lipinski definition) is 6. The third-order valence-corrected chi connectivity index (χ3v) is 8.52. The maximum Gasteiger partial charge on any atom is 0.141 e. The summed E-state index contributed by atoms with van der Waals surface area (Å²) in [5, 5.41) is 10.2. The third kappa shape index (κ3) is 5.76. The van der Waals surface area contributed by atoms with Crippen LogP contribution in [0.3, 0.4) is 0 Å². The zero-order chi connectivity index (χ0) is 25.7. The van der Waals surface area contributed by atoms with Gasteiger partial charge in [0.2, 0.25) is 0 Å². The van der Waals surface area contributed by atoms with Crippen LogP contribution in [-0.4, -0.2) is 60.0 Å². The van der Waals surface area contributed by atoms with E-state index in [0.29, 0.717) is 0 Å². The quantitative estimate of drug-likeness (QED) is 0.269. The maximum absolute atomic E-state index is 11.5. The van der Waals surface area contributed by atoms with Crippen molar-refractivity contribution in [2.24, 2.45) is 0 Å². The zero-order valence-electron chi connectivity index (χ0n) is 21.4. The summed E-state index contributed by atoms with van der Waals surface area (Å²) in [5.74, 6) is 2.46. The molecule has 1 aliphatic rings. The molecular formula is C30H32N6OS. The van der Waals surface area contributed by atoms with E-state index in [-0.39, 0.29) is 0 Å². The van der Waals surface area contributed by atoms with Crippen LogP contribution in [0.2, 0.25) is 0 Å². The lowest BCUT2D eigenvalue weighted by Gasteiger charge is -2.25. The molecule has 0 unspecified atom stereocenters. The Morgan fingerprint density at radius 3 is 2.63 bits per heavy atom. The fourth-order valence-corrected chi connectivity index (χ4v) is 6.23. The van der Waals surface area contributed by atoms with Crippen molar-refractivity contribution in [3.8, 4) is 0 Å². The minimum atomic E-state index is -0.602. The van der Waals surface area contributed by atoms with E-state index in [2.05, 4.69) is 85.9 Å². The first-order valence-electron chi connectivity index (χ1n) is 13.3. The molecule has 1 N–H and O–H groups in total. The van der Waals surface area contributed by atoms with Crippen LogP contribution in [0.4, 0.5) is 11.5 Å². The van der Waals surface area contributed by atoms with Gasteiger partial charge in [-0.1, -0.05) is 36.4 Å². The van der Waals surface area contributed by atoms with Crippen molar-refractivity contribution >= 4 is 44.1 Å². The average molecular weight is 525 g/mol. The van der Waals surface area contributed by atoms with E-state index in [1.165, 1.54) is 11.1 Å². The van der Waals surface area contributed by atoms with Crippen LogP contribution in [0.25, 0.3) is 21.8 Å². The van der Waals surface area contributed by atoms with E-state index in [9.17, 15) is 4.21 Å².